The lowest BCUT2D eigenvalue weighted by atomic mass is 9.80. The standard InChI is InChI=1S/C19H26ClN3O2/c20-14-7-5-13(6-8-14)19(25)9-11-23(12-10-19)18(24)17-15-3-1-2-4-16(15)21-22-17/h5-8,15-17,21-22,25H,1-4,9-12H2. The zero-order chi connectivity index (χ0) is 17.4. The smallest absolute Gasteiger partial charge is 0.241 e. The minimum absolute atomic E-state index is 0.118. The highest BCUT2D eigenvalue weighted by atomic mass is 35.5. The van der Waals surface area contributed by atoms with Crippen LogP contribution in [0.15, 0.2) is 24.3 Å². The van der Waals surface area contributed by atoms with Gasteiger partial charge in [0.1, 0.15) is 6.04 Å². The Hall–Kier alpha value is -1.14. The molecule has 4 rings (SSSR count). The van der Waals surface area contributed by atoms with Crippen LogP contribution >= 0.6 is 11.6 Å². The second-order valence-electron chi connectivity index (χ2n) is 7.68. The van der Waals surface area contributed by atoms with Crippen LogP contribution in [0.2, 0.25) is 5.02 Å². The third kappa shape index (κ3) is 3.31. The molecule has 3 fully saturated rings. The zero-order valence-corrected chi connectivity index (χ0v) is 15.1. The molecule has 3 N–H and O–H groups in total. The van der Waals surface area contributed by atoms with E-state index in [4.69, 9.17) is 11.6 Å². The number of nitrogens with one attached hydrogen (secondary N) is 2. The highest BCUT2D eigenvalue weighted by Crippen LogP contribution is 2.35. The number of rotatable bonds is 2. The number of benzene rings is 1. The number of hydrogen-bond donors (Lipinski definition) is 3. The summed E-state index contributed by atoms with van der Waals surface area (Å²) in [4.78, 5) is 14.9. The van der Waals surface area contributed by atoms with E-state index in [-0.39, 0.29) is 11.9 Å². The quantitative estimate of drug-likeness (QED) is 0.753. The second-order valence-corrected chi connectivity index (χ2v) is 8.12. The lowest BCUT2D eigenvalue weighted by Gasteiger charge is -2.40. The lowest BCUT2D eigenvalue weighted by molar-refractivity contribution is -0.139. The molecule has 1 aromatic rings. The molecule has 2 heterocycles. The Labute approximate surface area is 153 Å². The molecule has 25 heavy (non-hydrogen) atoms. The Balaban J connectivity index is 1.40. The van der Waals surface area contributed by atoms with E-state index in [9.17, 15) is 9.90 Å². The van der Waals surface area contributed by atoms with E-state index in [1.54, 1.807) is 0 Å². The molecule has 1 amide bonds. The SMILES string of the molecule is O=C(C1NNC2CCCCC21)N1CCC(O)(c2ccc(Cl)cc2)CC1. The molecule has 1 aliphatic carbocycles. The molecule has 0 aromatic heterocycles. The second kappa shape index (κ2) is 6.88. The normalized spacial score (nSPS) is 31.6. The molecule has 0 spiro atoms. The maximum atomic E-state index is 13.0. The predicted octanol–water partition coefficient (Wildman–Crippen LogP) is 2.19. The number of nitrogens with zero attached hydrogens (tertiary/aromatic N) is 1. The third-order valence-corrected chi connectivity index (χ3v) is 6.47. The van der Waals surface area contributed by atoms with Crippen LogP contribution in [0.25, 0.3) is 0 Å². The van der Waals surface area contributed by atoms with Crippen LogP contribution in [-0.4, -0.2) is 41.1 Å². The molecule has 5 nitrogen and oxygen atoms in total. The van der Waals surface area contributed by atoms with Gasteiger partial charge in [-0.2, -0.15) is 0 Å². The monoisotopic (exact) mass is 363 g/mol. The fraction of sp³-hybridized carbons (Fsp3) is 0.632. The first-order chi connectivity index (χ1) is 12.1. The molecule has 2 aliphatic heterocycles. The van der Waals surface area contributed by atoms with E-state index in [0.717, 1.165) is 18.4 Å². The first kappa shape index (κ1) is 17.3. The molecule has 3 atom stereocenters. The number of carbonyl (C=O) groups excluding carboxylic acids is 1. The number of fused-ring (bicyclic) bond motifs is 1. The maximum absolute atomic E-state index is 13.0. The number of hydrogen-bond acceptors (Lipinski definition) is 4. The van der Waals surface area contributed by atoms with Gasteiger partial charge in [0, 0.05) is 30.1 Å². The average Bonchev–Trinajstić information content (AvgIpc) is 3.06. The van der Waals surface area contributed by atoms with Gasteiger partial charge in [0.05, 0.1) is 5.60 Å². The highest BCUT2D eigenvalue weighted by molar-refractivity contribution is 6.30. The van der Waals surface area contributed by atoms with Crippen molar-refractivity contribution >= 4 is 17.5 Å². The number of carbonyl (C=O) groups is 1. The van der Waals surface area contributed by atoms with Crippen molar-refractivity contribution in [3.05, 3.63) is 34.9 Å². The third-order valence-electron chi connectivity index (χ3n) is 6.22. The summed E-state index contributed by atoms with van der Waals surface area (Å²) >= 11 is 5.94. The van der Waals surface area contributed by atoms with Crippen LogP contribution in [0.3, 0.4) is 0 Å². The van der Waals surface area contributed by atoms with Crippen LogP contribution in [0.5, 0.6) is 0 Å². The minimum Gasteiger partial charge on any atom is -0.385 e. The van der Waals surface area contributed by atoms with E-state index in [0.29, 0.717) is 42.9 Å². The molecule has 136 valence electrons. The summed E-state index contributed by atoms with van der Waals surface area (Å²) in [7, 11) is 0. The molecule has 2 saturated heterocycles. The fourth-order valence-electron chi connectivity index (χ4n) is 4.63. The van der Waals surface area contributed by atoms with Gasteiger partial charge >= 0.3 is 0 Å². The van der Waals surface area contributed by atoms with Gasteiger partial charge in [-0.25, -0.2) is 5.43 Å². The lowest BCUT2D eigenvalue weighted by Crippen LogP contribution is -2.52. The molecule has 6 heteroatoms. The first-order valence-electron chi connectivity index (χ1n) is 9.35. The Morgan fingerprint density at radius 3 is 2.52 bits per heavy atom. The van der Waals surface area contributed by atoms with Crippen LogP contribution < -0.4 is 10.9 Å². The minimum atomic E-state index is -0.865. The summed E-state index contributed by atoms with van der Waals surface area (Å²) in [6.45, 7) is 1.18. The highest BCUT2D eigenvalue weighted by Gasteiger charge is 2.44. The molecule has 0 radical (unpaired) electrons. The molecule has 1 aromatic carbocycles. The van der Waals surface area contributed by atoms with E-state index in [1.807, 2.05) is 29.2 Å². The van der Waals surface area contributed by atoms with Crippen LogP contribution in [0, 0.1) is 5.92 Å². The molecule has 1 saturated carbocycles. The Morgan fingerprint density at radius 2 is 1.80 bits per heavy atom. The van der Waals surface area contributed by atoms with Crippen molar-refractivity contribution in [2.75, 3.05) is 13.1 Å². The van der Waals surface area contributed by atoms with E-state index >= 15 is 0 Å². The number of piperidine rings is 1. The molecule has 3 unspecified atom stereocenters. The number of amides is 1. The van der Waals surface area contributed by atoms with Crippen molar-refractivity contribution in [2.45, 2.75) is 56.2 Å². The van der Waals surface area contributed by atoms with Gasteiger partial charge in [-0.3, -0.25) is 10.2 Å². The summed E-state index contributed by atoms with van der Waals surface area (Å²) < 4.78 is 0. The Morgan fingerprint density at radius 1 is 1.12 bits per heavy atom. The fourth-order valence-corrected chi connectivity index (χ4v) is 4.75. The van der Waals surface area contributed by atoms with Gasteiger partial charge in [0.25, 0.3) is 0 Å². The van der Waals surface area contributed by atoms with Crippen molar-refractivity contribution in [3.8, 4) is 0 Å². The number of hydrazine groups is 1. The van der Waals surface area contributed by atoms with E-state index < -0.39 is 5.60 Å². The Bertz CT molecular complexity index is 628. The van der Waals surface area contributed by atoms with Crippen LogP contribution in [-0.2, 0) is 10.4 Å². The average molecular weight is 364 g/mol. The van der Waals surface area contributed by atoms with Gasteiger partial charge in [0.15, 0.2) is 0 Å². The van der Waals surface area contributed by atoms with Crippen molar-refractivity contribution < 1.29 is 9.90 Å². The molecule has 0 bridgehead atoms. The van der Waals surface area contributed by atoms with E-state index in [2.05, 4.69) is 10.9 Å². The van der Waals surface area contributed by atoms with Gasteiger partial charge in [-0.1, -0.05) is 36.6 Å². The number of likely N-dealkylation sites (tertiary alicyclic amines) is 1. The molecular formula is C19H26ClN3O2. The largest absolute Gasteiger partial charge is 0.385 e. The van der Waals surface area contributed by atoms with Crippen molar-refractivity contribution in [1.82, 2.24) is 15.8 Å². The van der Waals surface area contributed by atoms with Crippen LogP contribution in [0.1, 0.15) is 44.1 Å². The van der Waals surface area contributed by atoms with Gasteiger partial charge in [0.2, 0.25) is 5.91 Å². The van der Waals surface area contributed by atoms with Gasteiger partial charge < -0.3 is 10.0 Å². The maximum Gasteiger partial charge on any atom is 0.241 e. The topological polar surface area (TPSA) is 64.6 Å². The Kier molecular flexibility index (Phi) is 4.75. The number of aliphatic hydroxyl groups is 1. The summed E-state index contributed by atoms with van der Waals surface area (Å²) in [5.41, 5.74) is 6.57. The summed E-state index contributed by atoms with van der Waals surface area (Å²) in [5, 5.41) is 11.6. The van der Waals surface area contributed by atoms with Crippen LogP contribution in [0.4, 0.5) is 0 Å². The van der Waals surface area contributed by atoms with Gasteiger partial charge in [-0.15, -0.1) is 0 Å². The molecular weight excluding hydrogens is 338 g/mol. The van der Waals surface area contributed by atoms with Crippen molar-refractivity contribution in [1.29, 1.82) is 0 Å². The zero-order valence-electron chi connectivity index (χ0n) is 14.4. The van der Waals surface area contributed by atoms with Crippen molar-refractivity contribution in [3.63, 3.8) is 0 Å². The van der Waals surface area contributed by atoms with Gasteiger partial charge in [-0.05, 0) is 43.4 Å². The predicted molar refractivity (Wildman–Crippen MR) is 97.0 cm³/mol. The van der Waals surface area contributed by atoms with E-state index in [1.165, 1.54) is 12.8 Å². The summed E-state index contributed by atoms with van der Waals surface area (Å²) in [5.74, 6) is 0.582. The number of halogens is 1. The van der Waals surface area contributed by atoms with Crippen molar-refractivity contribution in [2.24, 2.45) is 5.92 Å². The first-order valence-corrected chi connectivity index (χ1v) is 9.73. The summed E-state index contributed by atoms with van der Waals surface area (Å²) in [6.07, 6.45) is 5.85. The summed E-state index contributed by atoms with van der Waals surface area (Å²) in [6, 6.07) is 7.70. The molecule has 3 aliphatic rings.